The van der Waals surface area contributed by atoms with Gasteiger partial charge in [-0.15, -0.1) is 0 Å². The van der Waals surface area contributed by atoms with Gasteiger partial charge in [-0.1, -0.05) is 34.1 Å². The van der Waals surface area contributed by atoms with Crippen molar-refractivity contribution < 1.29 is 9.18 Å². The molecule has 1 aliphatic rings. The van der Waals surface area contributed by atoms with Crippen LogP contribution in [0.5, 0.6) is 0 Å². The van der Waals surface area contributed by atoms with E-state index in [1.165, 1.54) is 17.7 Å². The number of amides is 1. The molecule has 0 radical (unpaired) electrons. The fourth-order valence-electron chi connectivity index (χ4n) is 2.97. The molecule has 0 unspecified atom stereocenters. The van der Waals surface area contributed by atoms with E-state index in [1.807, 2.05) is 17.0 Å². The second-order valence-electron chi connectivity index (χ2n) is 6.02. The van der Waals surface area contributed by atoms with Gasteiger partial charge in [0.2, 0.25) is 0 Å². The fourth-order valence-corrected chi connectivity index (χ4v) is 3.38. The minimum atomic E-state index is -0.318. The topological polar surface area (TPSA) is 23.6 Å². The van der Waals surface area contributed by atoms with Gasteiger partial charge in [-0.05, 0) is 42.3 Å². The van der Waals surface area contributed by atoms with Crippen LogP contribution in [-0.4, -0.2) is 41.9 Å². The maximum Gasteiger partial charge on any atom is 0.253 e. The number of carbonyl (C=O) groups is 1. The third kappa shape index (κ3) is 4.22. The molecule has 2 aromatic carbocycles. The first-order valence-corrected chi connectivity index (χ1v) is 8.93. The van der Waals surface area contributed by atoms with Gasteiger partial charge in [0, 0.05) is 42.8 Å². The Morgan fingerprint density at radius 1 is 1.00 bits per heavy atom. The second-order valence-corrected chi connectivity index (χ2v) is 6.87. The molecule has 3 rings (SSSR count). The lowest BCUT2D eigenvalue weighted by Crippen LogP contribution is -2.35. The minimum absolute atomic E-state index is 0.0160. The number of halogens is 2. The molecule has 1 aliphatic heterocycles. The van der Waals surface area contributed by atoms with Crippen molar-refractivity contribution in [2.75, 3.05) is 26.2 Å². The smallest absolute Gasteiger partial charge is 0.253 e. The zero-order valence-corrected chi connectivity index (χ0v) is 15.0. The van der Waals surface area contributed by atoms with Crippen molar-refractivity contribution in [3.63, 3.8) is 0 Å². The number of hydrogen-bond acceptors (Lipinski definition) is 2. The molecule has 0 atom stereocenters. The lowest BCUT2D eigenvalue weighted by molar-refractivity contribution is 0.0761. The summed E-state index contributed by atoms with van der Waals surface area (Å²) >= 11 is 3.59. The van der Waals surface area contributed by atoms with Crippen LogP contribution < -0.4 is 0 Å². The predicted octanol–water partition coefficient (Wildman–Crippen LogP) is 3.94. The summed E-state index contributed by atoms with van der Waals surface area (Å²) in [6.45, 7) is 4.12. The highest BCUT2D eigenvalue weighted by molar-refractivity contribution is 9.10. The van der Waals surface area contributed by atoms with E-state index < -0.39 is 0 Å². The summed E-state index contributed by atoms with van der Waals surface area (Å²) in [5, 5.41) is 0. The highest BCUT2D eigenvalue weighted by Gasteiger charge is 2.20. The highest BCUT2D eigenvalue weighted by atomic mass is 79.9. The van der Waals surface area contributed by atoms with E-state index in [0.717, 1.165) is 37.1 Å². The molecule has 0 spiro atoms. The van der Waals surface area contributed by atoms with Gasteiger partial charge < -0.3 is 4.90 Å². The Labute approximate surface area is 150 Å². The fraction of sp³-hybridized carbons (Fsp3) is 0.316. The molecule has 2 aromatic rings. The average Bonchev–Trinajstić information content (AvgIpc) is 2.83. The van der Waals surface area contributed by atoms with Crippen molar-refractivity contribution in [1.29, 1.82) is 0 Å². The Hall–Kier alpha value is -1.72. The molecule has 0 N–H and O–H groups in total. The second kappa shape index (κ2) is 7.90. The molecule has 3 nitrogen and oxygen atoms in total. The summed E-state index contributed by atoms with van der Waals surface area (Å²) in [6, 6.07) is 14.0. The van der Waals surface area contributed by atoms with Gasteiger partial charge in [0.05, 0.1) is 0 Å². The molecule has 0 aliphatic carbocycles. The molecule has 0 bridgehead atoms. The summed E-state index contributed by atoms with van der Waals surface area (Å²) in [5.41, 5.74) is 1.81. The van der Waals surface area contributed by atoms with Crippen LogP contribution in [0.2, 0.25) is 0 Å². The van der Waals surface area contributed by atoms with Crippen molar-refractivity contribution in [3.05, 3.63) is 69.9 Å². The number of rotatable bonds is 3. The van der Waals surface area contributed by atoms with Crippen LogP contribution in [0.15, 0.2) is 53.0 Å². The Bertz CT molecular complexity index is 705. The van der Waals surface area contributed by atoms with Gasteiger partial charge in [0.1, 0.15) is 5.82 Å². The first kappa shape index (κ1) is 17.1. The average molecular weight is 391 g/mol. The van der Waals surface area contributed by atoms with Crippen LogP contribution in [0.25, 0.3) is 0 Å². The molecular formula is C19H20BrFN2O. The molecule has 0 aromatic heterocycles. The Morgan fingerprint density at radius 3 is 2.50 bits per heavy atom. The van der Waals surface area contributed by atoms with Gasteiger partial charge in [-0.25, -0.2) is 4.39 Å². The summed E-state index contributed by atoms with van der Waals surface area (Å²) < 4.78 is 14.1. The lowest BCUT2D eigenvalue weighted by Gasteiger charge is -2.22. The van der Waals surface area contributed by atoms with Crippen LogP contribution in [0, 0.1) is 5.82 Å². The van der Waals surface area contributed by atoms with E-state index in [2.05, 4.69) is 33.0 Å². The normalized spacial score (nSPS) is 16.0. The van der Waals surface area contributed by atoms with Crippen molar-refractivity contribution in [2.24, 2.45) is 0 Å². The van der Waals surface area contributed by atoms with Crippen LogP contribution in [0.4, 0.5) is 4.39 Å². The number of nitrogens with zero attached hydrogens (tertiary/aromatic N) is 2. The van der Waals surface area contributed by atoms with E-state index >= 15 is 0 Å². The molecule has 1 heterocycles. The molecule has 5 heteroatoms. The van der Waals surface area contributed by atoms with Crippen molar-refractivity contribution >= 4 is 21.8 Å². The molecule has 1 fully saturated rings. The third-order valence-corrected chi connectivity index (χ3v) is 5.09. The highest BCUT2D eigenvalue weighted by Crippen LogP contribution is 2.19. The zero-order valence-electron chi connectivity index (χ0n) is 13.4. The standard InChI is InChI=1S/C19H20BrFN2O/c20-18-5-2-1-4-16(18)14-22-10-3-11-23(13-12-22)19(24)15-6-8-17(21)9-7-15/h1-2,4-9H,3,10-14H2. The Kier molecular flexibility index (Phi) is 5.63. The monoisotopic (exact) mass is 390 g/mol. The Balaban J connectivity index is 1.61. The van der Waals surface area contributed by atoms with Crippen LogP contribution >= 0.6 is 15.9 Å². The maximum absolute atomic E-state index is 13.0. The van der Waals surface area contributed by atoms with Crippen molar-refractivity contribution in [2.45, 2.75) is 13.0 Å². The van der Waals surface area contributed by atoms with E-state index in [-0.39, 0.29) is 11.7 Å². The van der Waals surface area contributed by atoms with Gasteiger partial charge in [0.15, 0.2) is 0 Å². The summed E-state index contributed by atoms with van der Waals surface area (Å²) in [6.07, 6.45) is 0.942. The van der Waals surface area contributed by atoms with Crippen LogP contribution in [-0.2, 0) is 6.54 Å². The first-order valence-electron chi connectivity index (χ1n) is 8.14. The quantitative estimate of drug-likeness (QED) is 0.792. The lowest BCUT2D eigenvalue weighted by atomic mass is 10.2. The number of hydrogen-bond donors (Lipinski definition) is 0. The van der Waals surface area contributed by atoms with Crippen LogP contribution in [0.3, 0.4) is 0 Å². The number of benzene rings is 2. The Morgan fingerprint density at radius 2 is 1.75 bits per heavy atom. The molecule has 1 saturated heterocycles. The minimum Gasteiger partial charge on any atom is -0.337 e. The van der Waals surface area contributed by atoms with E-state index in [0.29, 0.717) is 12.1 Å². The van der Waals surface area contributed by atoms with E-state index in [9.17, 15) is 9.18 Å². The van der Waals surface area contributed by atoms with Gasteiger partial charge in [-0.3, -0.25) is 9.69 Å². The maximum atomic E-state index is 13.0. The zero-order chi connectivity index (χ0) is 16.9. The first-order chi connectivity index (χ1) is 11.6. The van der Waals surface area contributed by atoms with Crippen molar-refractivity contribution in [1.82, 2.24) is 9.80 Å². The molecule has 1 amide bonds. The largest absolute Gasteiger partial charge is 0.337 e. The third-order valence-electron chi connectivity index (χ3n) is 4.32. The van der Waals surface area contributed by atoms with Crippen molar-refractivity contribution in [3.8, 4) is 0 Å². The van der Waals surface area contributed by atoms with Gasteiger partial charge >= 0.3 is 0 Å². The molecule has 24 heavy (non-hydrogen) atoms. The SMILES string of the molecule is O=C(c1ccc(F)cc1)N1CCCN(Cc2ccccc2Br)CC1. The molecule has 126 valence electrons. The number of carbonyl (C=O) groups excluding carboxylic acids is 1. The van der Waals surface area contributed by atoms with Crippen LogP contribution in [0.1, 0.15) is 22.3 Å². The van der Waals surface area contributed by atoms with Gasteiger partial charge in [0.25, 0.3) is 5.91 Å². The molecular weight excluding hydrogens is 371 g/mol. The molecule has 0 saturated carbocycles. The summed E-state index contributed by atoms with van der Waals surface area (Å²) in [5.74, 6) is -0.334. The van der Waals surface area contributed by atoms with Gasteiger partial charge in [-0.2, -0.15) is 0 Å². The van der Waals surface area contributed by atoms with E-state index in [1.54, 1.807) is 12.1 Å². The van der Waals surface area contributed by atoms with E-state index in [4.69, 9.17) is 0 Å². The summed E-state index contributed by atoms with van der Waals surface area (Å²) in [4.78, 5) is 16.8. The summed E-state index contributed by atoms with van der Waals surface area (Å²) in [7, 11) is 0. The predicted molar refractivity (Wildman–Crippen MR) is 96.3 cm³/mol.